The maximum Gasteiger partial charge on any atom is 0.427 e. The van der Waals surface area contributed by atoms with E-state index < -0.39 is 6.09 Å². The summed E-state index contributed by atoms with van der Waals surface area (Å²) >= 11 is 0. The number of amides is 1. The molecule has 4 heteroatoms. The van der Waals surface area contributed by atoms with Crippen LogP contribution in [0.15, 0.2) is 5.10 Å². The van der Waals surface area contributed by atoms with Crippen molar-refractivity contribution in [2.45, 2.75) is 26.2 Å². The normalized spacial score (nSPS) is 27.8. The Hall–Kier alpha value is -1.06. The van der Waals surface area contributed by atoms with Gasteiger partial charge in [0, 0.05) is 6.21 Å². The van der Waals surface area contributed by atoms with Crippen LogP contribution in [0.1, 0.15) is 26.2 Å². The summed E-state index contributed by atoms with van der Waals surface area (Å²) in [6.45, 7) is 2.24. The number of carbonyl (C=O) groups excluding carboxylic acids is 1. The second kappa shape index (κ2) is 4.84. The molecule has 0 aliphatic heterocycles. The fourth-order valence-electron chi connectivity index (χ4n) is 1.63. The average Bonchev–Trinajstić information content (AvgIpc) is 2.51. The van der Waals surface area contributed by atoms with Crippen LogP contribution >= 0.6 is 0 Å². The predicted octanol–water partition coefficient (Wildman–Crippen LogP) is 1.76. The largest absolute Gasteiger partial charge is 0.452 e. The molecule has 4 nitrogen and oxygen atoms in total. The molecule has 13 heavy (non-hydrogen) atoms. The van der Waals surface area contributed by atoms with E-state index in [1.54, 1.807) is 6.21 Å². The van der Waals surface area contributed by atoms with Gasteiger partial charge in [-0.15, -0.1) is 0 Å². The van der Waals surface area contributed by atoms with E-state index in [1.165, 1.54) is 26.4 Å². The summed E-state index contributed by atoms with van der Waals surface area (Å²) in [7, 11) is 1.32. The van der Waals surface area contributed by atoms with Crippen molar-refractivity contribution in [3.63, 3.8) is 0 Å². The summed E-state index contributed by atoms with van der Waals surface area (Å²) in [4.78, 5) is 10.6. The monoisotopic (exact) mass is 184 g/mol. The SMILES string of the molecule is COC(=O)N/N=C/C1CCC(C)C1. The number of carbonyl (C=O) groups is 1. The first-order valence-electron chi connectivity index (χ1n) is 4.59. The molecule has 2 atom stereocenters. The molecule has 0 aromatic rings. The highest BCUT2D eigenvalue weighted by atomic mass is 16.5. The lowest BCUT2D eigenvalue weighted by molar-refractivity contribution is 0.171. The number of hydrogen-bond acceptors (Lipinski definition) is 3. The van der Waals surface area contributed by atoms with Crippen molar-refractivity contribution in [1.29, 1.82) is 0 Å². The van der Waals surface area contributed by atoms with Gasteiger partial charge in [0.2, 0.25) is 0 Å². The molecule has 0 heterocycles. The maximum atomic E-state index is 10.6. The molecule has 0 aromatic carbocycles. The molecular formula is C9H16N2O2. The molecular weight excluding hydrogens is 168 g/mol. The Bertz CT molecular complexity index is 204. The summed E-state index contributed by atoms with van der Waals surface area (Å²) in [6.07, 6.45) is 4.90. The number of nitrogens with zero attached hydrogens (tertiary/aromatic N) is 1. The van der Waals surface area contributed by atoms with Crippen LogP contribution < -0.4 is 5.43 Å². The van der Waals surface area contributed by atoms with Crippen molar-refractivity contribution < 1.29 is 9.53 Å². The minimum atomic E-state index is -0.512. The molecule has 1 fully saturated rings. The van der Waals surface area contributed by atoms with Crippen molar-refractivity contribution in [3.8, 4) is 0 Å². The summed E-state index contributed by atoms with van der Waals surface area (Å²) in [5, 5.41) is 3.81. The van der Waals surface area contributed by atoms with Gasteiger partial charge in [-0.25, -0.2) is 10.2 Å². The summed E-state index contributed by atoms with van der Waals surface area (Å²) in [5.41, 5.74) is 2.28. The van der Waals surface area contributed by atoms with E-state index in [-0.39, 0.29) is 0 Å². The summed E-state index contributed by atoms with van der Waals surface area (Å²) in [6, 6.07) is 0. The zero-order valence-corrected chi connectivity index (χ0v) is 8.12. The molecule has 1 rings (SSSR count). The molecule has 0 radical (unpaired) electrons. The second-order valence-corrected chi connectivity index (χ2v) is 3.56. The lowest BCUT2D eigenvalue weighted by atomic mass is 10.1. The fraction of sp³-hybridized carbons (Fsp3) is 0.778. The lowest BCUT2D eigenvalue weighted by Gasteiger charge is -2.01. The molecule has 74 valence electrons. The molecule has 0 aromatic heterocycles. The molecule has 0 spiro atoms. The third kappa shape index (κ3) is 3.44. The van der Waals surface area contributed by atoms with Crippen LogP contribution in [0, 0.1) is 11.8 Å². The van der Waals surface area contributed by atoms with Crippen LogP contribution in [-0.4, -0.2) is 19.4 Å². The first-order valence-corrected chi connectivity index (χ1v) is 4.59. The highest BCUT2D eigenvalue weighted by Crippen LogP contribution is 2.28. The van der Waals surface area contributed by atoms with Crippen LogP contribution in [0.4, 0.5) is 4.79 Å². The molecule has 1 saturated carbocycles. The van der Waals surface area contributed by atoms with E-state index in [0.717, 1.165) is 5.92 Å². The first kappa shape index (κ1) is 10.0. The van der Waals surface area contributed by atoms with E-state index in [0.29, 0.717) is 5.92 Å². The van der Waals surface area contributed by atoms with Crippen molar-refractivity contribution in [2.75, 3.05) is 7.11 Å². The van der Waals surface area contributed by atoms with Crippen molar-refractivity contribution >= 4 is 12.3 Å². The van der Waals surface area contributed by atoms with Gasteiger partial charge < -0.3 is 4.74 Å². The van der Waals surface area contributed by atoms with Crippen molar-refractivity contribution in [3.05, 3.63) is 0 Å². The van der Waals surface area contributed by atoms with Crippen LogP contribution in [-0.2, 0) is 4.74 Å². The topological polar surface area (TPSA) is 50.7 Å². The Morgan fingerprint density at radius 3 is 2.92 bits per heavy atom. The summed E-state index contributed by atoms with van der Waals surface area (Å²) in [5.74, 6) is 1.31. The van der Waals surface area contributed by atoms with Gasteiger partial charge in [-0.2, -0.15) is 5.10 Å². The Morgan fingerprint density at radius 2 is 2.38 bits per heavy atom. The molecule has 2 unspecified atom stereocenters. The number of hydrogen-bond donors (Lipinski definition) is 1. The third-order valence-electron chi connectivity index (χ3n) is 2.36. The van der Waals surface area contributed by atoms with E-state index in [1.807, 2.05) is 0 Å². The molecule has 0 saturated heterocycles. The van der Waals surface area contributed by atoms with E-state index in [4.69, 9.17) is 0 Å². The standard InChI is InChI=1S/C9H16N2O2/c1-7-3-4-8(5-7)6-10-11-9(12)13-2/h6-8H,3-5H2,1-2H3,(H,11,12)/b10-6+. The highest BCUT2D eigenvalue weighted by Gasteiger charge is 2.19. The summed E-state index contributed by atoms with van der Waals surface area (Å²) < 4.78 is 4.37. The van der Waals surface area contributed by atoms with Gasteiger partial charge in [0.15, 0.2) is 0 Å². The number of methoxy groups -OCH3 is 1. The van der Waals surface area contributed by atoms with Gasteiger partial charge in [-0.05, 0) is 24.7 Å². The Morgan fingerprint density at radius 1 is 1.62 bits per heavy atom. The van der Waals surface area contributed by atoms with Gasteiger partial charge in [0.05, 0.1) is 7.11 Å². The van der Waals surface area contributed by atoms with Gasteiger partial charge in [0.25, 0.3) is 0 Å². The van der Waals surface area contributed by atoms with Crippen LogP contribution in [0.2, 0.25) is 0 Å². The molecule has 1 amide bonds. The zero-order valence-electron chi connectivity index (χ0n) is 8.12. The lowest BCUT2D eigenvalue weighted by Crippen LogP contribution is -2.17. The molecule has 1 aliphatic rings. The molecule has 0 bridgehead atoms. The average molecular weight is 184 g/mol. The van der Waals surface area contributed by atoms with Crippen molar-refractivity contribution in [2.24, 2.45) is 16.9 Å². The Labute approximate surface area is 78.3 Å². The third-order valence-corrected chi connectivity index (χ3v) is 2.36. The minimum Gasteiger partial charge on any atom is -0.452 e. The van der Waals surface area contributed by atoms with Crippen LogP contribution in [0.25, 0.3) is 0 Å². The Kier molecular flexibility index (Phi) is 3.73. The van der Waals surface area contributed by atoms with Gasteiger partial charge in [-0.1, -0.05) is 13.3 Å². The van der Waals surface area contributed by atoms with E-state index in [9.17, 15) is 4.79 Å². The highest BCUT2D eigenvalue weighted by molar-refractivity contribution is 5.69. The first-order chi connectivity index (χ1) is 6.22. The Balaban J connectivity index is 2.20. The van der Waals surface area contributed by atoms with E-state index >= 15 is 0 Å². The molecule has 1 aliphatic carbocycles. The maximum absolute atomic E-state index is 10.6. The quantitative estimate of drug-likeness (QED) is 0.525. The minimum absolute atomic E-state index is 0.512. The van der Waals surface area contributed by atoms with Gasteiger partial charge in [-0.3, -0.25) is 0 Å². The van der Waals surface area contributed by atoms with Crippen molar-refractivity contribution in [1.82, 2.24) is 5.43 Å². The fourth-order valence-corrected chi connectivity index (χ4v) is 1.63. The number of hydrazone groups is 1. The van der Waals surface area contributed by atoms with Gasteiger partial charge >= 0.3 is 6.09 Å². The predicted molar refractivity (Wildman–Crippen MR) is 50.5 cm³/mol. The number of nitrogens with one attached hydrogen (secondary N) is 1. The van der Waals surface area contributed by atoms with E-state index in [2.05, 4.69) is 22.2 Å². The smallest absolute Gasteiger partial charge is 0.427 e. The molecule has 1 N–H and O–H groups in total. The zero-order chi connectivity index (χ0) is 9.68. The van der Waals surface area contributed by atoms with Crippen LogP contribution in [0.3, 0.4) is 0 Å². The van der Waals surface area contributed by atoms with Gasteiger partial charge in [0.1, 0.15) is 0 Å². The number of rotatable bonds is 2. The second-order valence-electron chi connectivity index (χ2n) is 3.56. The number of ether oxygens (including phenoxy) is 1. The van der Waals surface area contributed by atoms with Crippen LogP contribution in [0.5, 0.6) is 0 Å².